The average Bonchev–Trinajstić information content (AvgIpc) is 2.94. The Hall–Kier alpha value is -2.65. The molecule has 1 unspecified atom stereocenters. The third-order valence-corrected chi connectivity index (χ3v) is 3.85. The molecule has 1 aliphatic rings. The maximum Gasteiger partial charge on any atom is 0.407 e. The van der Waals surface area contributed by atoms with E-state index in [9.17, 15) is 14.9 Å². The van der Waals surface area contributed by atoms with E-state index in [-0.39, 0.29) is 23.1 Å². The molecule has 138 valence electrons. The fourth-order valence-corrected chi connectivity index (χ4v) is 2.78. The maximum absolute atomic E-state index is 11.2. The first-order valence-electron chi connectivity index (χ1n) is 8.20. The molecule has 0 radical (unpaired) electrons. The van der Waals surface area contributed by atoms with E-state index >= 15 is 0 Å². The van der Waals surface area contributed by atoms with Crippen molar-refractivity contribution >= 4 is 23.5 Å². The Kier molecular flexibility index (Phi) is 5.60. The van der Waals surface area contributed by atoms with Crippen LogP contribution in [0.5, 0.6) is 0 Å². The molecular weight excluding hydrogens is 328 g/mol. The summed E-state index contributed by atoms with van der Waals surface area (Å²) in [5, 5.41) is 26.3. The number of anilines is 2. The second-order valence-electron chi connectivity index (χ2n) is 7.05. The van der Waals surface area contributed by atoms with Crippen LogP contribution >= 0.6 is 0 Å². The minimum absolute atomic E-state index is 0.0712. The van der Waals surface area contributed by atoms with Gasteiger partial charge in [0.2, 0.25) is 11.8 Å². The zero-order valence-corrected chi connectivity index (χ0v) is 14.7. The van der Waals surface area contributed by atoms with Gasteiger partial charge in [0, 0.05) is 24.7 Å². The number of hydrogen-bond donors (Lipinski definition) is 3. The third-order valence-electron chi connectivity index (χ3n) is 3.85. The number of carboxylic acid groups (broad SMARTS) is 1. The summed E-state index contributed by atoms with van der Waals surface area (Å²) in [5.74, 6) is 0.431. The lowest BCUT2D eigenvalue weighted by molar-refractivity contribution is -0.384. The van der Waals surface area contributed by atoms with Gasteiger partial charge in [-0.25, -0.2) is 9.78 Å². The molecular formula is C15H24N6O4. The van der Waals surface area contributed by atoms with E-state index in [2.05, 4.69) is 20.6 Å². The molecule has 10 nitrogen and oxygen atoms in total. The molecule has 3 N–H and O–H groups in total. The van der Waals surface area contributed by atoms with Crippen LogP contribution in [0.1, 0.15) is 40.0 Å². The lowest BCUT2D eigenvalue weighted by atomic mass is 10.1. The molecule has 1 atom stereocenters. The van der Waals surface area contributed by atoms with Gasteiger partial charge >= 0.3 is 11.8 Å². The lowest BCUT2D eigenvalue weighted by Gasteiger charge is -2.22. The fourth-order valence-electron chi connectivity index (χ4n) is 2.78. The first-order chi connectivity index (χ1) is 11.7. The highest BCUT2D eigenvalue weighted by Gasteiger charge is 2.28. The molecule has 1 amide bonds. The van der Waals surface area contributed by atoms with Crippen molar-refractivity contribution in [3.63, 3.8) is 0 Å². The van der Waals surface area contributed by atoms with Gasteiger partial charge in [-0.1, -0.05) is 0 Å². The van der Waals surface area contributed by atoms with Crippen LogP contribution in [0.2, 0.25) is 0 Å². The largest absolute Gasteiger partial charge is 0.465 e. The first-order valence-corrected chi connectivity index (χ1v) is 8.20. The zero-order chi connectivity index (χ0) is 18.6. The Morgan fingerprint density at radius 1 is 1.52 bits per heavy atom. The summed E-state index contributed by atoms with van der Waals surface area (Å²) in [4.78, 5) is 31.4. The Morgan fingerprint density at radius 2 is 2.24 bits per heavy atom. The van der Waals surface area contributed by atoms with Crippen molar-refractivity contribution in [3.8, 4) is 0 Å². The SMILES string of the molecule is CC(C)(C)Nc1ncc([N+](=O)[O-])c(NCCC2CCCN2C(=O)O)n1. The molecule has 1 saturated heterocycles. The minimum atomic E-state index is -0.924. The molecule has 2 heterocycles. The number of nitrogens with one attached hydrogen (secondary N) is 2. The van der Waals surface area contributed by atoms with E-state index in [1.807, 2.05) is 20.8 Å². The second kappa shape index (κ2) is 7.49. The standard InChI is InChI=1S/C15H24N6O4/c1-15(2,3)19-13-17-9-11(21(24)25)12(18-13)16-7-6-10-5-4-8-20(10)14(22)23/h9-10H,4-8H2,1-3H3,(H,22,23)(H2,16,17,18,19). The Balaban J connectivity index is 2.05. The quantitative estimate of drug-likeness (QED) is 0.525. The third kappa shape index (κ3) is 5.16. The number of likely N-dealkylation sites (tertiary alicyclic amines) is 1. The van der Waals surface area contributed by atoms with Gasteiger partial charge in [-0.15, -0.1) is 0 Å². The number of rotatable bonds is 6. The maximum atomic E-state index is 11.2. The highest BCUT2D eigenvalue weighted by molar-refractivity contribution is 5.65. The van der Waals surface area contributed by atoms with Crippen molar-refractivity contribution < 1.29 is 14.8 Å². The van der Waals surface area contributed by atoms with E-state index in [1.54, 1.807) is 0 Å². The van der Waals surface area contributed by atoms with Crippen molar-refractivity contribution in [3.05, 3.63) is 16.3 Å². The van der Waals surface area contributed by atoms with E-state index in [0.29, 0.717) is 25.5 Å². The van der Waals surface area contributed by atoms with Crippen LogP contribution in [0.25, 0.3) is 0 Å². The molecule has 0 aromatic carbocycles. The zero-order valence-electron chi connectivity index (χ0n) is 14.7. The first kappa shape index (κ1) is 18.7. The van der Waals surface area contributed by atoms with Gasteiger partial charge in [0.25, 0.3) is 0 Å². The van der Waals surface area contributed by atoms with Gasteiger partial charge in [-0.2, -0.15) is 4.98 Å². The normalized spacial score (nSPS) is 17.4. The summed E-state index contributed by atoms with van der Waals surface area (Å²) in [6.45, 7) is 6.73. The van der Waals surface area contributed by atoms with Crippen molar-refractivity contribution in [2.24, 2.45) is 0 Å². The van der Waals surface area contributed by atoms with E-state index in [0.717, 1.165) is 12.8 Å². The molecule has 25 heavy (non-hydrogen) atoms. The van der Waals surface area contributed by atoms with Crippen LogP contribution in [0.3, 0.4) is 0 Å². The monoisotopic (exact) mass is 352 g/mol. The van der Waals surface area contributed by atoms with Gasteiger partial charge in [-0.05, 0) is 40.0 Å². The van der Waals surface area contributed by atoms with Crippen molar-refractivity contribution in [1.29, 1.82) is 0 Å². The Labute approximate surface area is 145 Å². The number of nitrogens with zero attached hydrogens (tertiary/aromatic N) is 4. The van der Waals surface area contributed by atoms with Crippen LogP contribution in [0.4, 0.5) is 22.2 Å². The molecule has 1 aromatic rings. The molecule has 1 fully saturated rings. The lowest BCUT2D eigenvalue weighted by Crippen LogP contribution is -2.35. The smallest absolute Gasteiger partial charge is 0.407 e. The van der Waals surface area contributed by atoms with E-state index < -0.39 is 11.0 Å². The molecule has 1 aromatic heterocycles. The van der Waals surface area contributed by atoms with Crippen LogP contribution < -0.4 is 10.6 Å². The second-order valence-corrected chi connectivity index (χ2v) is 7.05. The summed E-state index contributed by atoms with van der Waals surface area (Å²) >= 11 is 0. The predicted molar refractivity (Wildman–Crippen MR) is 92.9 cm³/mol. The summed E-state index contributed by atoms with van der Waals surface area (Å²) < 4.78 is 0. The summed E-state index contributed by atoms with van der Waals surface area (Å²) in [7, 11) is 0. The number of aromatic nitrogens is 2. The van der Waals surface area contributed by atoms with E-state index in [4.69, 9.17) is 5.11 Å². The highest BCUT2D eigenvalue weighted by atomic mass is 16.6. The number of nitro groups is 1. The highest BCUT2D eigenvalue weighted by Crippen LogP contribution is 2.24. The molecule has 0 aliphatic carbocycles. The predicted octanol–water partition coefficient (Wildman–Crippen LogP) is 2.54. The fraction of sp³-hybridized carbons (Fsp3) is 0.667. The molecule has 0 bridgehead atoms. The number of amides is 1. The molecule has 0 saturated carbocycles. The summed E-state index contributed by atoms with van der Waals surface area (Å²) in [6.07, 6.45) is 2.45. The van der Waals surface area contributed by atoms with Gasteiger partial charge < -0.3 is 20.6 Å². The topological polar surface area (TPSA) is 134 Å². The van der Waals surface area contributed by atoms with Gasteiger partial charge in [-0.3, -0.25) is 10.1 Å². The summed E-state index contributed by atoms with van der Waals surface area (Å²) in [5.41, 5.74) is -0.486. The van der Waals surface area contributed by atoms with E-state index in [1.165, 1.54) is 11.1 Å². The average molecular weight is 352 g/mol. The van der Waals surface area contributed by atoms with Crippen LogP contribution in [0, 0.1) is 10.1 Å². The summed E-state index contributed by atoms with van der Waals surface area (Å²) in [6, 6.07) is -0.0712. The van der Waals surface area contributed by atoms with Crippen LogP contribution in [0.15, 0.2) is 6.20 Å². The number of carbonyl (C=O) groups is 1. The van der Waals surface area contributed by atoms with Crippen molar-refractivity contribution in [1.82, 2.24) is 14.9 Å². The Bertz CT molecular complexity index is 645. The molecule has 2 rings (SSSR count). The van der Waals surface area contributed by atoms with Gasteiger partial charge in [0.15, 0.2) is 0 Å². The van der Waals surface area contributed by atoms with Crippen LogP contribution in [-0.4, -0.2) is 55.7 Å². The van der Waals surface area contributed by atoms with Crippen molar-refractivity contribution in [2.45, 2.75) is 51.6 Å². The molecule has 1 aliphatic heterocycles. The molecule has 10 heteroatoms. The Morgan fingerprint density at radius 3 is 2.84 bits per heavy atom. The van der Waals surface area contributed by atoms with Gasteiger partial charge in [0.1, 0.15) is 6.20 Å². The minimum Gasteiger partial charge on any atom is -0.465 e. The molecule has 0 spiro atoms. The van der Waals surface area contributed by atoms with Crippen molar-refractivity contribution in [2.75, 3.05) is 23.7 Å². The van der Waals surface area contributed by atoms with Gasteiger partial charge in [0.05, 0.1) is 4.92 Å². The number of hydrogen-bond acceptors (Lipinski definition) is 7. The van der Waals surface area contributed by atoms with Crippen LogP contribution in [-0.2, 0) is 0 Å².